The van der Waals surface area contributed by atoms with Crippen molar-refractivity contribution in [2.75, 3.05) is 6.54 Å². The number of nitrogens with one attached hydrogen (secondary N) is 2. The number of aromatic nitrogens is 1. The van der Waals surface area contributed by atoms with E-state index in [2.05, 4.69) is 10.3 Å². The van der Waals surface area contributed by atoms with E-state index in [-0.39, 0.29) is 10.7 Å². The fraction of sp³-hybridized carbons (Fsp3) is 0.125. The number of carbonyl (C=O) groups is 1. The standard InChI is InChI=1S/C24H23N3O3S/c25-31(29,30)19-12-10-17(11-13-19)14-15-26-23(18-6-2-1-3-7-18)24(28)21-16-27-22-9-5-4-8-20(21)22/h1-13,16,23,26-27H,14-15H2,(H2,25,29,30)/t23-/m1/s1. The molecule has 7 heteroatoms. The van der Waals surface area contributed by atoms with E-state index in [1.54, 1.807) is 18.3 Å². The third-order valence-corrected chi connectivity index (χ3v) is 6.19. The molecule has 1 heterocycles. The summed E-state index contributed by atoms with van der Waals surface area (Å²) in [5, 5.41) is 9.42. The lowest BCUT2D eigenvalue weighted by atomic mass is 9.96. The molecule has 31 heavy (non-hydrogen) atoms. The Balaban J connectivity index is 1.53. The number of nitrogens with two attached hydrogens (primary N) is 1. The van der Waals surface area contributed by atoms with Crippen molar-refractivity contribution in [1.29, 1.82) is 0 Å². The predicted molar refractivity (Wildman–Crippen MR) is 121 cm³/mol. The van der Waals surface area contributed by atoms with E-state index in [0.717, 1.165) is 22.0 Å². The van der Waals surface area contributed by atoms with Crippen LogP contribution in [-0.2, 0) is 16.4 Å². The van der Waals surface area contributed by atoms with Crippen molar-refractivity contribution in [2.45, 2.75) is 17.4 Å². The summed E-state index contributed by atoms with van der Waals surface area (Å²) in [5.74, 6) is -0.00627. The van der Waals surface area contributed by atoms with Crippen LogP contribution >= 0.6 is 0 Å². The van der Waals surface area contributed by atoms with Crippen LogP contribution in [0.2, 0.25) is 0 Å². The van der Waals surface area contributed by atoms with Gasteiger partial charge in [0.1, 0.15) is 0 Å². The molecule has 0 aliphatic rings. The Morgan fingerprint density at radius 2 is 1.61 bits per heavy atom. The summed E-state index contributed by atoms with van der Waals surface area (Å²) >= 11 is 0. The number of H-pyrrole nitrogens is 1. The van der Waals surface area contributed by atoms with Crippen molar-refractivity contribution in [3.05, 3.63) is 102 Å². The Morgan fingerprint density at radius 3 is 2.32 bits per heavy atom. The van der Waals surface area contributed by atoms with Gasteiger partial charge >= 0.3 is 0 Å². The molecule has 4 rings (SSSR count). The summed E-state index contributed by atoms with van der Waals surface area (Å²) in [4.78, 5) is 16.7. The number of primary sulfonamides is 1. The highest BCUT2D eigenvalue weighted by atomic mass is 32.2. The quantitative estimate of drug-likeness (QED) is 0.369. The number of aromatic amines is 1. The molecule has 0 aliphatic heterocycles. The molecule has 4 aromatic rings. The van der Waals surface area contributed by atoms with Crippen molar-refractivity contribution in [2.24, 2.45) is 5.14 Å². The number of rotatable bonds is 8. The molecule has 0 bridgehead atoms. The molecular weight excluding hydrogens is 410 g/mol. The Hall–Kier alpha value is -3.26. The lowest BCUT2D eigenvalue weighted by Crippen LogP contribution is -2.30. The summed E-state index contributed by atoms with van der Waals surface area (Å²) < 4.78 is 22.8. The van der Waals surface area contributed by atoms with Gasteiger partial charge in [-0.3, -0.25) is 4.79 Å². The molecule has 1 aromatic heterocycles. The first-order valence-corrected chi connectivity index (χ1v) is 11.5. The summed E-state index contributed by atoms with van der Waals surface area (Å²) in [6, 6.07) is 23.3. The van der Waals surface area contributed by atoms with Gasteiger partial charge in [0.25, 0.3) is 0 Å². The van der Waals surface area contributed by atoms with E-state index in [4.69, 9.17) is 5.14 Å². The zero-order valence-electron chi connectivity index (χ0n) is 16.8. The van der Waals surface area contributed by atoms with Crippen LogP contribution in [-0.4, -0.2) is 25.7 Å². The van der Waals surface area contributed by atoms with Crippen LogP contribution in [0.3, 0.4) is 0 Å². The third-order valence-electron chi connectivity index (χ3n) is 5.26. The van der Waals surface area contributed by atoms with E-state index >= 15 is 0 Å². The second-order valence-electron chi connectivity index (χ2n) is 7.35. The lowest BCUT2D eigenvalue weighted by molar-refractivity contribution is 0.0945. The highest BCUT2D eigenvalue weighted by Crippen LogP contribution is 2.24. The normalized spacial score (nSPS) is 12.7. The monoisotopic (exact) mass is 433 g/mol. The molecule has 4 N–H and O–H groups in total. The molecule has 0 spiro atoms. The van der Waals surface area contributed by atoms with E-state index < -0.39 is 16.1 Å². The van der Waals surface area contributed by atoms with Gasteiger partial charge in [-0.05, 0) is 35.7 Å². The van der Waals surface area contributed by atoms with Gasteiger partial charge in [-0.2, -0.15) is 0 Å². The minimum absolute atomic E-state index is 0.00627. The van der Waals surface area contributed by atoms with Crippen molar-refractivity contribution in [3.63, 3.8) is 0 Å². The molecule has 158 valence electrons. The van der Waals surface area contributed by atoms with Gasteiger partial charge in [0.15, 0.2) is 5.78 Å². The maximum atomic E-state index is 13.5. The fourth-order valence-corrected chi connectivity index (χ4v) is 4.16. The largest absolute Gasteiger partial charge is 0.360 e. The maximum absolute atomic E-state index is 13.5. The van der Waals surface area contributed by atoms with Gasteiger partial charge in [0.05, 0.1) is 10.9 Å². The van der Waals surface area contributed by atoms with Crippen LogP contribution in [0.1, 0.15) is 27.5 Å². The van der Waals surface area contributed by atoms with Gasteiger partial charge in [-0.25, -0.2) is 13.6 Å². The Bertz CT molecular complexity index is 1300. The predicted octanol–water partition coefficient (Wildman–Crippen LogP) is 3.57. The minimum atomic E-state index is -3.71. The SMILES string of the molecule is NS(=O)(=O)c1ccc(CCN[C@@H](C(=O)c2c[nH]c3ccccc23)c2ccccc2)cc1. The molecule has 1 atom stereocenters. The summed E-state index contributed by atoms with van der Waals surface area (Å²) in [7, 11) is -3.71. The van der Waals surface area contributed by atoms with E-state index in [1.165, 1.54) is 12.1 Å². The molecule has 0 amide bonds. The van der Waals surface area contributed by atoms with E-state index in [0.29, 0.717) is 18.5 Å². The van der Waals surface area contributed by atoms with E-state index in [1.807, 2.05) is 54.6 Å². The zero-order valence-corrected chi connectivity index (χ0v) is 17.6. The fourth-order valence-electron chi connectivity index (χ4n) is 3.64. The number of hydrogen-bond acceptors (Lipinski definition) is 4. The molecule has 0 radical (unpaired) electrons. The summed E-state index contributed by atoms with van der Waals surface area (Å²) in [6.07, 6.45) is 2.39. The van der Waals surface area contributed by atoms with Crippen molar-refractivity contribution >= 4 is 26.7 Å². The third kappa shape index (κ3) is 4.74. The first kappa shape index (κ1) is 21.0. The average molecular weight is 434 g/mol. The molecular formula is C24H23N3O3S. The molecule has 0 saturated carbocycles. The van der Waals surface area contributed by atoms with Crippen LogP contribution in [0, 0.1) is 0 Å². The van der Waals surface area contributed by atoms with Crippen LogP contribution < -0.4 is 10.5 Å². The highest BCUT2D eigenvalue weighted by molar-refractivity contribution is 7.89. The molecule has 6 nitrogen and oxygen atoms in total. The van der Waals surface area contributed by atoms with Gasteiger partial charge in [0, 0.05) is 29.2 Å². The first-order valence-electron chi connectivity index (χ1n) is 9.94. The zero-order chi connectivity index (χ0) is 21.8. The minimum Gasteiger partial charge on any atom is -0.360 e. The van der Waals surface area contributed by atoms with Crippen LogP contribution in [0.4, 0.5) is 0 Å². The number of para-hydroxylation sites is 1. The number of fused-ring (bicyclic) bond motifs is 1. The highest BCUT2D eigenvalue weighted by Gasteiger charge is 2.23. The maximum Gasteiger partial charge on any atom is 0.238 e. The second-order valence-corrected chi connectivity index (χ2v) is 8.91. The Morgan fingerprint density at radius 1 is 0.935 bits per heavy atom. The van der Waals surface area contributed by atoms with Gasteiger partial charge in [-0.1, -0.05) is 60.7 Å². The topological polar surface area (TPSA) is 105 Å². The molecule has 0 fully saturated rings. The summed E-state index contributed by atoms with van der Waals surface area (Å²) in [5.41, 5.74) is 3.41. The van der Waals surface area contributed by atoms with E-state index in [9.17, 15) is 13.2 Å². The molecule has 3 aromatic carbocycles. The number of carbonyl (C=O) groups excluding carboxylic acids is 1. The first-order chi connectivity index (χ1) is 14.9. The van der Waals surface area contributed by atoms with Crippen molar-refractivity contribution < 1.29 is 13.2 Å². The smallest absolute Gasteiger partial charge is 0.238 e. The number of benzene rings is 3. The lowest BCUT2D eigenvalue weighted by Gasteiger charge is -2.18. The van der Waals surface area contributed by atoms with Gasteiger partial charge in [0.2, 0.25) is 10.0 Å². The molecule has 0 aliphatic carbocycles. The van der Waals surface area contributed by atoms with Gasteiger partial charge < -0.3 is 10.3 Å². The van der Waals surface area contributed by atoms with Crippen molar-refractivity contribution in [3.8, 4) is 0 Å². The van der Waals surface area contributed by atoms with Crippen LogP contribution in [0.5, 0.6) is 0 Å². The number of ketones is 1. The van der Waals surface area contributed by atoms with Gasteiger partial charge in [-0.15, -0.1) is 0 Å². The number of hydrogen-bond donors (Lipinski definition) is 3. The summed E-state index contributed by atoms with van der Waals surface area (Å²) in [6.45, 7) is 0.544. The number of Topliss-reactive ketones (excluding diaryl/α,β-unsaturated/α-hetero) is 1. The molecule has 0 unspecified atom stereocenters. The molecule has 0 saturated heterocycles. The Kier molecular flexibility index (Phi) is 5.99. The number of sulfonamides is 1. The van der Waals surface area contributed by atoms with Crippen molar-refractivity contribution in [1.82, 2.24) is 10.3 Å². The Labute approximate surface area is 181 Å². The second kappa shape index (κ2) is 8.85. The van der Waals surface area contributed by atoms with Crippen LogP contribution in [0.25, 0.3) is 10.9 Å². The van der Waals surface area contributed by atoms with Crippen LogP contribution in [0.15, 0.2) is 90.0 Å². The average Bonchev–Trinajstić information content (AvgIpc) is 3.21.